The summed E-state index contributed by atoms with van der Waals surface area (Å²) in [6.07, 6.45) is -5.35. The van der Waals surface area contributed by atoms with Gasteiger partial charge in [-0.3, -0.25) is 19.2 Å². The second-order valence-electron chi connectivity index (χ2n) is 14.2. The van der Waals surface area contributed by atoms with Crippen LogP contribution in [0.5, 0.6) is 0 Å². The lowest BCUT2D eigenvalue weighted by Crippen LogP contribution is -2.49. The van der Waals surface area contributed by atoms with E-state index in [9.17, 15) is 19.2 Å². The molecule has 2 saturated heterocycles. The van der Waals surface area contributed by atoms with Crippen LogP contribution in [0.3, 0.4) is 0 Å². The highest BCUT2D eigenvalue weighted by Gasteiger charge is 2.41. The van der Waals surface area contributed by atoms with Crippen molar-refractivity contribution < 1.29 is 45.5 Å². The molecule has 6 rings (SSSR count). The standard InChI is InChI=1S/C44H38Br2F6N4O4S/c1-27(57)53-19-23-55(24-20-53)37(59)17-13-29-11-15-35(41(43(47,48)49)39(29)31-7-3-5-9-33(31)45)61-36-16-12-30(14-18-38(60)56-25-21-54(22-26-56)28(2)58)40(42(36)44(50,51)52)32-8-4-6-10-34(32)46/h3-18H,19-26H2,1-2H3. The minimum atomic E-state index is -5.09. The van der Waals surface area contributed by atoms with Gasteiger partial charge in [-0.25, -0.2) is 0 Å². The molecule has 2 heterocycles. The van der Waals surface area contributed by atoms with E-state index in [1.165, 1.54) is 84.3 Å². The largest absolute Gasteiger partial charge is 0.418 e. The molecule has 4 aromatic carbocycles. The van der Waals surface area contributed by atoms with Crippen LogP contribution in [0.4, 0.5) is 26.3 Å². The van der Waals surface area contributed by atoms with Gasteiger partial charge >= 0.3 is 12.4 Å². The molecule has 0 spiro atoms. The van der Waals surface area contributed by atoms with Crippen molar-refractivity contribution >= 4 is 79.4 Å². The van der Waals surface area contributed by atoms with Crippen LogP contribution in [-0.4, -0.2) is 95.6 Å². The molecule has 4 amide bonds. The number of rotatable bonds is 8. The van der Waals surface area contributed by atoms with Gasteiger partial charge in [0.05, 0.1) is 11.1 Å². The predicted molar refractivity (Wildman–Crippen MR) is 229 cm³/mol. The molecule has 0 bridgehead atoms. The van der Waals surface area contributed by atoms with E-state index in [-0.39, 0.29) is 80.3 Å². The zero-order chi connectivity index (χ0) is 44.2. The van der Waals surface area contributed by atoms with Crippen LogP contribution in [0, 0.1) is 0 Å². The average molecular weight is 993 g/mol. The van der Waals surface area contributed by atoms with Crippen LogP contribution in [0.15, 0.2) is 104 Å². The molecule has 2 aliphatic heterocycles. The summed E-state index contributed by atoms with van der Waals surface area (Å²) in [5.74, 6) is -1.23. The van der Waals surface area contributed by atoms with Crippen LogP contribution in [0.2, 0.25) is 0 Å². The van der Waals surface area contributed by atoms with Gasteiger partial charge in [-0.2, -0.15) is 26.3 Å². The summed E-state index contributed by atoms with van der Waals surface area (Å²) in [5.41, 5.74) is -2.92. The monoisotopic (exact) mass is 990 g/mol. The molecule has 8 nitrogen and oxygen atoms in total. The highest BCUT2D eigenvalue weighted by molar-refractivity contribution is 9.11. The van der Waals surface area contributed by atoms with Gasteiger partial charge in [0.25, 0.3) is 0 Å². The van der Waals surface area contributed by atoms with E-state index in [0.29, 0.717) is 37.9 Å². The highest BCUT2D eigenvalue weighted by atomic mass is 79.9. The molecule has 0 radical (unpaired) electrons. The molecule has 61 heavy (non-hydrogen) atoms. The van der Waals surface area contributed by atoms with Gasteiger partial charge in [0.1, 0.15) is 0 Å². The molecule has 2 fully saturated rings. The molecule has 0 unspecified atom stereocenters. The number of nitrogens with zero attached hydrogens (tertiary/aromatic N) is 4. The van der Waals surface area contributed by atoms with Crippen molar-refractivity contribution in [1.82, 2.24) is 19.6 Å². The van der Waals surface area contributed by atoms with Gasteiger partial charge < -0.3 is 19.6 Å². The molecule has 0 saturated carbocycles. The van der Waals surface area contributed by atoms with Gasteiger partial charge in [0.15, 0.2) is 0 Å². The Morgan fingerprint density at radius 2 is 0.852 bits per heavy atom. The molecular weight excluding hydrogens is 954 g/mol. The minimum absolute atomic E-state index is 0.00268. The van der Waals surface area contributed by atoms with Gasteiger partial charge in [0.2, 0.25) is 23.6 Å². The quantitative estimate of drug-likeness (QED) is 0.130. The number of hydrogen-bond donors (Lipinski definition) is 0. The van der Waals surface area contributed by atoms with Gasteiger partial charge in [-0.1, -0.05) is 92.2 Å². The Labute approximate surface area is 369 Å². The Bertz CT molecular complexity index is 2240. The third-order valence-electron chi connectivity index (χ3n) is 10.4. The Balaban J connectivity index is 1.46. The van der Waals surface area contributed by atoms with Crippen molar-refractivity contribution in [3.05, 3.63) is 116 Å². The van der Waals surface area contributed by atoms with Crippen LogP contribution in [-0.2, 0) is 31.5 Å². The Morgan fingerprint density at radius 1 is 0.525 bits per heavy atom. The fourth-order valence-electron chi connectivity index (χ4n) is 7.25. The zero-order valence-electron chi connectivity index (χ0n) is 32.7. The van der Waals surface area contributed by atoms with E-state index in [1.807, 2.05) is 0 Å². The Kier molecular flexibility index (Phi) is 14.2. The third-order valence-corrected chi connectivity index (χ3v) is 12.9. The summed E-state index contributed by atoms with van der Waals surface area (Å²) < 4.78 is 93.8. The first-order valence-corrected chi connectivity index (χ1v) is 21.4. The predicted octanol–water partition coefficient (Wildman–Crippen LogP) is 10.1. The smallest absolute Gasteiger partial charge is 0.339 e. The van der Waals surface area contributed by atoms with E-state index < -0.39 is 45.1 Å². The number of hydrogen-bond acceptors (Lipinski definition) is 5. The fraction of sp³-hybridized carbons (Fsp3) is 0.273. The first-order chi connectivity index (χ1) is 28.8. The number of piperazine rings is 2. The molecule has 0 aliphatic carbocycles. The molecular formula is C44H38Br2F6N4O4S. The summed E-state index contributed by atoms with van der Waals surface area (Å²) in [5, 5.41) is 0. The third kappa shape index (κ3) is 10.6. The second-order valence-corrected chi connectivity index (χ2v) is 17.0. The second kappa shape index (κ2) is 19.0. The highest BCUT2D eigenvalue weighted by Crippen LogP contribution is 2.52. The molecule has 17 heteroatoms. The van der Waals surface area contributed by atoms with Crippen molar-refractivity contribution in [2.75, 3.05) is 52.4 Å². The van der Waals surface area contributed by atoms with Crippen molar-refractivity contribution in [2.24, 2.45) is 0 Å². The molecule has 0 N–H and O–H groups in total. The van der Waals surface area contributed by atoms with Crippen LogP contribution in [0.25, 0.3) is 34.4 Å². The van der Waals surface area contributed by atoms with Crippen LogP contribution < -0.4 is 0 Å². The number of halogens is 8. The lowest BCUT2D eigenvalue weighted by atomic mass is 9.93. The SMILES string of the molecule is CC(=O)N1CCN(C(=O)C=Cc2ccc(Sc3ccc(C=CC(=O)N4CCN(C(C)=O)CC4)c(-c4ccccc4Br)c3C(F)(F)F)c(C(F)(F)F)c2-c2ccccc2Br)CC1. The van der Waals surface area contributed by atoms with E-state index in [0.717, 1.165) is 24.3 Å². The lowest BCUT2D eigenvalue weighted by molar-refractivity contribution is -0.139. The Hall–Kier alpha value is -4.87. The topological polar surface area (TPSA) is 81.2 Å². The lowest BCUT2D eigenvalue weighted by Gasteiger charge is -2.33. The molecule has 2 aliphatic rings. The van der Waals surface area contributed by atoms with E-state index >= 15 is 26.3 Å². The summed E-state index contributed by atoms with van der Waals surface area (Å²) >= 11 is 7.02. The molecule has 320 valence electrons. The number of benzene rings is 4. The van der Waals surface area contributed by atoms with Gasteiger partial charge in [0, 0.05) is 108 Å². The fourth-order valence-corrected chi connectivity index (χ4v) is 9.37. The van der Waals surface area contributed by atoms with Crippen molar-refractivity contribution in [3.8, 4) is 22.3 Å². The summed E-state index contributed by atoms with van der Waals surface area (Å²) in [6, 6.07) is 17.1. The van der Waals surface area contributed by atoms with Crippen molar-refractivity contribution in [1.29, 1.82) is 0 Å². The summed E-state index contributed by atoms with van der Waals surface area (Å²) in [6.45, 7) is 5.00. The molecule has 0 atom stereocenters. The summed E-state index contributed by atoms with van der Waals surface area (Å²) in [7, 11) is 0. The van der Waals surface area contributed by atoms with Crippen molar-refractivity contribution in [2.45, 2.75) is 36.0 Å². The maximum Gasteiger partial charge on any atom is 0.418 e. The number of alkyl halides is 6. The van der Waals surface area contributed by atoms with Crippen molar-refractivity contribution in [3.63, 3.8) is 0 Å². The molecule has 0 aromatic heterocycles. The summed E-state index contributed by atoms with van der Waals surface area (Å²) in [4.78, 5) is 55.1. The molecule has 4 aromatic rings. The van der Waals surface area contributed by atoms with Crippen LogP contribution >= 0.6 is 43.6 Å². The Morgan fingerprint density at radius 3 is 1.16 bits per heavy atom. The minimum Gasteiger partial charge on any atom is -0.339 e. The van der Waals surface area contributed by atoms with Crippen LogP contribution in [0.1, 0.15) is 36.1 Å². The van der Waals surface area contributed by atoms with Gasteiger partial charge in [-0.05, 0) is 58.7 Å². The van der Waals surface area contributed by atoms with E-state index in [4.69, 9.17) is 0 Å². The number of amides is 4. The zero-order valence-corrected chi connectivity index (χ0v) is 36.7. The number of carbonyl (C=O) groups excluding carboxylic acids is 4. The van der Waals surface area contributed by atoms with E-state index in [2.05, 4.69) is 31.9 Å². The van der Waals surface area contributed by atoms with Gasteiger partial charge in [-0.15, -0.1) is 0 Å². The normalized spacial score (nSPS) is 15.2. The first kappa shape index (κ1) is 45.7. The maximum atomic E-state index is 15.5. The first-order valence-electron chi connectivity index (χ1n) is 19.0. The average Bonchev–Trinajstić information content (AvgIpc) is 3.21. The maximum absolute atomic E-state index is 15.5. The number of carbonyl (C=O) groups is 4. The van der Waals surface area contributed by atoms with E-state index in [1.54, 1.807) is 21.9 Å².